The predicted molar refractivity (Wildman–Crippen MR) is 96.9 cm³/mol. The number of halogens is 2. The number of para-hydroxylation sites is 2. The lowest BCUT2D eigenvalue weighted by Crippen LogP contribution is -2.30. The van der Waals surface area contributed by atoms with Gasteiger partial charge >= 0.3 is 0 Å². The van der Waals surface area contributed by atoms with Gasteiger partial charge in [0, 0.05) is 18.8 Å². The number of piperidine rings is 1. The minimum absolute atomic E-state index is 0. The van der Waals surface area contributed by atoms with E-state index in [0.29, 0.717) is 12.3 Å². The molecule has 1 aliphatic rings. The molecule has 23 heavy (non-hydrogen) atoms. The van der Waals surface area contributed by atoms with Crippen LogP contribution in [-0.4, -0.2) is 28.5 Å². The van der Waals surface area contributed by atoms with Crippen LogP contribution < -0.4 is 10.6 Å². The van der Waals surface area contributed by atoms with Crippen LogP contribution in [0.4, 0.5) is 5.69 Å². The highest BCUT2D eigenvalue weighted by Gasteiger charge is 2.17. The lowest BCUT2D eigenvalue weighted by Gasteiger charge is -2.22. The quantitative estimate of drug-likeness (QED) is 0.884. The molecule has 1 aromatic heterocycles. The third-order valence-electron chi connectivity index (χ3n) is 3.89. The number of nitrogens with one attached hydrogen (secondary N) is 2. The first-order chi connectivity index (χ1) is 10.3. The predicted octanol–water partition coefficient (Wildman–Crippen LogP) is 3.04. The molecule has 126 valence electrons. The van der Waals surface area contributed by atoms with Gasteiger partial charge in [0.25, 0.3) is 0 Å². The number of anilines is 1. The Bertz CT molecular complexity index is 598. The summed E-state index contributed by atoms with van der Waals surface area (Å²) < 4.78 is 1.90. The van der Waals surface area contributed by atoms with Crippen LogP contribution in [0.5, 0.6) is 0 Å². The lowest BCUT2D eigenvalue weighted by molar-refractivity contribution is -0.117. The van der Waals surface area contributed by atoms with Gasteiger partial charge in [0.1, 0.15) is 0 Å². The van der Waals surface area contributed by atoms with Crippen LogP contribution in [0.1, 0.15) is 19.3 Å². The van der Waals surface area contributed by atoms with E-state index in [9.17, 15) is 4.79 Å². The highest BCUT2D eigenvalue weighted by molar-refractivity contribution is 5.93. The maximum atomic E-state index is 12.2. The molecule has 3 rings (SSSR count). The van der Waals surface area contributed by atoms with Crippen LogP contribution in [0.3, 0.4) is 0 Å². The molecule has 2 aromatic rings. The monoisotopic (exact) mass is 356 g/mol. The molecule has 7 heteroatoms. The first-order valence-corrected chi connectivity index (χ1v) is 7.41. The SMILES string of the molecule is Cl.Cl.O=C(CC1CCNCC1)Nc1ccccc1-n1ccnc1. The number of amides is 1. The molecule has 2 N–H and O–H groups in total. The van der Waals surface area contributed by atoms with E-state index in [1.54, 1.807) is 12.5 Å². The van der Waals surface area contributed by atoms with E-state index in [0.717, 1.165) is 37.3 Å². The highest BCUT2D eigenvalue weighted by atomic mass is 35.5. The molecule has 0 aliphatic carbocycles. The normalized spacial score (nSPS) is 14.4. The average molecular weight is 357 g/mol. The summed E-state index contributed by atoms with van der Waals surface area (Å²) in [7, 11) is 0. The lowest BCUT2D eigenvalue weighted by atomic mass is 9.94. The molecular formula is C16H22Cl2N4O. The van der Waals surface area contributed by atoms with Crippen molar-refractivity contribution in [3.05, 3.63) is 43.0 Å². The van der Waals surface area contributed by atoms with Crippen LogP contribution in [-0.2, 0) is 4.79 Å². The zero-order chi connectivity index (χ0) is 14.5. The largest absolute Gasteiger partial charge is 0.324 e. The van der Waals surface area contributed by atoms with Gasteiger partial charge in [-0.25, -0.2) is 4.98 Å². The molecule has 1 amide bonds. The molecule has 1 fully saturated rings. The topological polar surface area (TPSA) is 59.0 Å². The van der Waals surface area contributed by atoms with Gasteiger partial charge in [-0.1, -0.05) is 12.1 Å². The summed E-state index contributed by atoms with van der Waals surface area (Å²) in [5.41, 5.74) is 1.77. The smallest absolute Gasteiger partial charge is 0.224 e. The minimum Gasteiger partial charge on any atom is -0.324 e. The van der Waals surface area contributed by atoms with Crippen LogP contribution in [0, 0.1) is 5.92 Å². The zero-order valence-electron chi connectivity index (χ0n) is 12.8. The van der Waals surface area contributed by atoms with Crippen molar-refractivity contribution in [2.45, 2.75) is 19.3 Å². The van der Waals surface area contributed by atoms with E-state index in [2.05, 4.69) is 15.6 Å². The number of carbonyl (C=O) groups excluding carboxylic acids is 1. The van der Waals surface area contributed by atoms with Gasteiger partial charge in [0.05, 0.1) is 17.7 Å². The maximum Gasteiger partial charge on any atom is 0.224 e. The van der Waals surface area contributed by atoms with Crippen molar-refractivity contribution >= 4 is 36.4 Å². The summed E-state index contributed by atoms with van der Waals surface area (Å²) in [5.74, 6) is 0.584. The van der Waals surface area contributed by atoms with Gasteiger partial charge in [-0.15, -0.1) is 24.8 Å². The first-order valence-electron chi connectivity index (χ1n) is 7.41. The molecule has 1 aromatic carbocycles. The Morgan fingerprint density at radius 2 is 2.00 bits per heavy atom. The van der Waals surface area contributed by atoms with Gasteiger partial charge in [-0.05, 0) is 44.0 Å². The Kier molecular flexibility index (Phi) is 8.09. The van der Waals surface area contributed by atoms with Crippen molar-refractivity contribution < 1.29 is 4.79 Å². The van der Waals surface area contributed by atoms with E-state index in [1.807, 2.05) is 35.0 Å². The second-order valence-electron chi connectivity index (χ2n) is 5.43. The van der Waals surface area contributed by atoms with Crippen molar-refractivity contribution in [2.75, 3.05) is 18.4 Å². The van der Waals surface area contributed by atoms with E-state index in [4.69, 9.17) is 0 Å². The zero-order valence-corrected chi connectivity index (χ0v) is 14.4. The van der Waals surface area contributed by atoms with Crippen molar-refractivity contribution in [3.63, 3.8) is 0 Å². The fraction of sp³-hybridized carbons (Fsp3) is 0.375. The molecule has 2 heterocycles. The second-order valence-corrected chi connectivity index (χ2v) is 5.43. The van der Waals surface area contributed by atoms with Gasteiger partial charge < -0.3 is 15.2 Å². The van der Waals surface area contributed by atoms with Gasteiger partial charge in [-0.3, -0.25) is 4.79 Å². The minimum atomic E-state index is 0. The summed E-state index contributed by atoms with van der Waals surface area (Å²) in [6.07, 6.45) is 8.09. The second kappa shape index (κ2) is 9.55. The molecule has 0 radical (unpaired) electrons. The summed E-state index contributed by atoms with van der Waals surface area (Å²) >= 11 is 0. The Morgan fingerprint density at radius 1 is 1.26 bits per heavy atom. The number of hydrogen-bond acceptors (Lipinski definition) is 3. The Hall–Kier alpha value is -1.56. The number of nitrogens with zero attached hydrogens (tertiary/aromatic N) is 2. The van der Waals surface area contributed by atoms with Crippen molar-refractivity contribution in [1.82, 2.24) is 14.9 Å². The Morgan fingerprint density at radius 3 is 2.70 bits per heavy atom. The number of hydrogen-bond donors (Lipinski definition) is 2. The molecule has 5 nitrogen and oxygen atoms in total. The average Bonchev–Trinajstić information content (AvgIpc) is 3.03. The third kappa shape index (κ3) is 5.23. The summed E-state index contributed by atoms with van der Waals surface area (Å²) in [4.78, 5) is 16.3. The van der Waals surface area contributed by atoms with Gasteiger partial charge in [0.15, 0.2) is 0 Å². The highest BCUT2D eigenvalue weighted by Crippen LogP contribution is 2.21. The standard InChI is InChI=1S/C16H20N4O.2ClH/c21-16(11-13-5-7-17-8-6-13)19-14-3-1-2-4-15(14)20-10-9-18-12-20;;/h1-4,9-10,12-13,17H,5-8,11H2,(H,19,21);2*1H. The molecule has 1 saturated heterocycles. The Labute approximate surface area is 148 Å². The van der Waals surface area contributed by atoms with Crippen LogP contribution >= 0.6 is 24.8 Å². The fourth-order valence-electron chi connectivity index (χ4n) is 2.76. The van der Waals surface area contributed by atoms with E-state index >= 15 is 0 Å². The molecule has 0 saturated carbocycles. The van der Waals surface area contributed by atoms with Crippen molar-refractivity contribution in [2.24, 2.45) is 5.92 Å². The molecule has 1 aliphatic heterocycles. The van der Waals surface area contributed by atoms with E-state index < -0.39 is 0 Å². The number of rotatable bonds is 4. The summed E-state index contributed by atoms with van der Waals surface area (Å²) in [6.45, 7) is 2.03. The number of carbonyl (C=O) groups is 1. The molecule has 0 unspecified atom stereocenters. The number of aromatic nitrogens is 2. The van der Waals surface area contributed by atoms with E-state index in [-0.39, 0.29) is 30.7 Å². The summed E-state index contributed by atoms with van der Waals surface area (Å²) in [5, 5.41) is 6.36. The van der Waals surface area contributed by atoms with Crippen molar-refractivity contribution in [3.8, 4) is 5.69 Å². The van der Waals surface area contributed by atoms with Gasteiger partial charge in [-0.2, -0.15) is 0 Å². The molecule has 0 bridgehead atoms. The van der Waals surface area contributed by atoms with Crippen molar-refractivity contribution in [1.29, 1.82) is 0 Å². The van der Waals surface area contributed by atoms with E-state index in [1.165, 1.54) is 0 Å². The molecule has 0 atom stereocenters. The van der Waals surface area contributed by atoms with Crippen LogP contribution in [0.25, 0.3) is 5.69 Å². The number of benzene rings is 1. The molecule has 0 spiro atoms. The first kappa shape index (κ1) is 19.5. The van der Waals surface area contributed by atoms with Crippen LogP contribution in [0.2, 0.25) is 0 Å². The van der Waals surface area contributed by atoms with Gasteiger partial charge in [0.2, 0.25) is 5.91 Å². The third-order valence-corrected chi connectivity index (χ3v) is 3.89. The molecular weight excluding hydrogens is 335 g/mol. The Balaban J connectivity index is 0.00000132. The van der Waals surface area contributed by atoms with Crippen LogP contribution in [0.15, 0.2) is 43.0 Å². The maximum absolute atomic E-state index is 12.2. The fourth-order valence-corrected chi connectivity index (χ4v) is 2.76. The summed E-state index contributed by atoms with van der Waals surface area (Å²) in [6, 6.07) is 7.79. The number of imidazole rings is 1.